The van der Waals surface area contributed by atoms with E-state index in [1.165, 1.54) is 24.0 Å². The summed E-state index contributed by atoms with van der Waals surface area (Å²) in [4.78, 5) is 14.9. The summed E-state index contributed by atoms with van der Waals surface area (Å²) in [6.07, 6.45) is 8.61. The molecule has 1 unspecified atom stereocenters. The van der Waals surface area contributed by atoms with Crippen LogP contribution >= 0.6 is 0 Å². The molecule has 2 fully saturated rings. The highest BCUT2D eigenvalue weighted by molar-refractivity contribution is 5.92. The van der Waals surface area contributed by atoms with Crippen LogP contribution in [0, 0.1) is 6.92 Å². The smallest absolute Gasteiger partial charge is 0.273 e. The number of aryl methyl sites for hydroxylation is 1. The Labute approximate surface area is 160 Å². The maximum atomic E-state index is 12.4. The van der Waals surface area contributed by atoms with E-state index in [0.717, 1.165) is 45.3 Å². The first-order valence-corrected chi connectivity index (χ1v) is 10.2. The van der Waals surface area contributed by atoms with Gasteiger partial charge < -0.3 is 5.32 Å². The topological polar surface area (TPSA) is 63.1 Å². The van der Waals surface area contributed by atoms with Crippen LogP contribution in [0.1, 0.15) is 66.2 Å². The summed E-state index contributed by atoms with van der Waals surface area (Å²) in [5.74, 6) is -0.0827. The predicted molar refractivity (Wildman–Crippen MR) is 104 cm³/mol. The van der Waals surface area contributed by atoms with Gasteiger partial charge in [-0.3, -0.25) is 9.69 Å². The molecule has 2 aliphatic rings. The van der Waals surface area contributed by atoms with Crippen molar-refractivity contribution in [1.82, 2.24) is 25.2 Å². The van der Waals surface area contributed by atoms with Gasteiger partial charge in [0.2, 0.25) is 0 Å². The van der Waals surface area contributed by atoms with Crippen molar-refractivity contribution in [3.63, 3.8) is 0 Å². The first-order chi connectivity index (χ1) is 13.2. The first-order valence-electron chi connectivity index (χ1n) is 10.2. The van der Waals surface area contributed by atoms with Crippen molar-refractivity contribution in [2.24, 2.45) is 0 Å². The standard InChI is InChI=1S/C21H29N5O/c1-16-7-2-3-8-17(16)13-25-12-6-11-19(14-25)26-15-20(23-24-26)21(27)22-18-9-4-5-10-18/h2-3,7-8,15,18-19H,4-6,9-14H2,1H3,(H,22,27). The minimum atomic E-state index is -0.0827. The van der Waals surface area contributed by atoms with Gasteiger partial charge in [0.15, 0.2) is 5.69 Å². The third kappa shape index (κ3) is 4.38. The quantitative estimate of drug-likeness (QED) is 0.882. The molecule has 1 saturated heterocycles. The van der Waals surface area contributed by atoms with E-state index in [-0.39, 0.29) is 11.9 Å². The summed E-state index contributed by atoms with van der Waals surface area (Å²) >= 11 is 0. The molecule has 1 aliphatic heterocycles. The molecule has 1 aliphatic carbocycles. The summed E-state index contributed by atoms with van der Waals surface area (Å²) < 4.78 is 1.90. The SMILES string of the molecule is Cc1ccccc1CN1CCCC(n2cc(C(=O)NC3CCCC3)nn2)C1. The maximum absolute atomic E-state index is 12.4. The summed E-state index contributed by atoms with van der Waals surface area (Å²) in [6, 6.07) is 9.16. The molecule has 1 aromatic carbocycles. The van der Waals surface area contributed by atoms with Crippen molar-refractivity contribution in [1.29, 1.82) is 0 Å². The van der Waals surface area contributed by atoms with E-state index in [9.17, 15) is 4.79 Å². The molecule has 2 aromatic rings. The van der Waals surface area contributed by atoms with Crippen LogP contribution in [0.4, 0.5) is 0 Å². The molecule has 0 bridgehead atoms. The van der Waals surface area contributed by atoms with Crippen LogP contribution in [0.15, 0.2) is 30.5 Å². The van der Waals surface area contributed by atoms with E-state index in [1.807, 2.05) is 10.9 Å². The molecular formula is C21H29N5O. The van der Waals surface area contributed by atoms with Crippen molar-refractivity contribution in [3.05, 3.63) is 47.3 Å². The summed E-state index contributed by atoms with van der Waals surface area (Å²) in [6.45, 7) is 5.19. The number of amides is 1. The van der Waals surface area contributed by atoms with Crippen LogP contribution in [0.25, 0.3) is 0 Å². The normalized spacial score (nSPS) is 21.4. The number of piperidine rings is 1. The minimum Gasteiger partial charge on any atom is -0.348 e. The second-order valence-corrected chi connectivity index (χ2v) is 8.00. The van der Waals surface area contributed by atoms with Gasteiger partial charge in [0.1, 0.15) is 0 Å². The fourth-order valence-corrected chi connectivity index (χ4v) is 4.31. The Kier molecular flexibility index (Phi) is 5.53. The second-order valence-electron chi connectivity index (χ2n) is 8.00. The van der Waals surface area contributed by atoms with E-state index in [4.69, 9.17) is 0 Å². The van der Waals surface area contributed by atoms with Gasteiger partial charge in [-0.05, 0) is 50.3 Å². The van der Waals surface area contributed by atoms with Gasteiger partial charge in [-0.15, -0.1) is 5.10 Å². The average molecular weight is 367 g/mol. The van der Waals surface area contributed by atoms with Crippen LogP contribution in [0.5, 0.6) is 0 Å². The average Bonchev–Trinajstić information content (AvgIpc) is 3.36. The zero-order chi connectivity index (χ0) is 18.6. The number of rotatable bonds is 5. The van der Waals surface area contributed by atoms with E-state index >= 15 is 0 Å². The Bertz CT molecular complexity index is 780. The Morgan fingerprint density at radius 3 is 2.81 bits per heavy atom. The molecule has 144 valence electrons. The molecule has 1 amide bonds. The van der Waals surface area contributed by atoms with E-state index in [2.05, 4.69) is 51.7 Å². The van der Waals surface area contributed by atoms with Gasteiger partial charge in [-0.25, -0.2) is 4.68 Å². The van der Waals surface area contributed by atoms with Crippen LogP contribution in [-0.4, -0.2) is 44.9 Å². The molecule has 6 heteroatoms. The Balaban J connectivity index is 1.37. The third-order valence-electron chi connectivity index (χ3n) is 5.94. The lowest BCUT2D eigenvalue weighted by molar-refractivity contribution is 0.0932. The lowest BCUT2D eigenvalue weighted by atomic mass is 10.0. The molecule has 6 nitrogen and oxygen atoms in total. The van der Waals surface area contributed by atoms with Crippen LogP contribution < -0.4 is 5.32 Å². The van der Waals surface area contributed by atoms with Crippen molar-refractivity contribution in [2.75, 3.05) is 13.1 Å². The van der Waals surface area contributed by atoms with Crippen molar-refractivity contribution in [2.45, 2.75) is 64.1 Å². The lowest BCUT2D eigenvalue weighted by Crippen LogP contribution is -2.36. The van der Waals surface area contributed by atoms with Gasteiger partial charge in [-0.2, -0.15) is 0 Å². The highest BCUT2D eigenvalue weighted by atomic mass is 16.2. The zero-order valence-corrected chi connectivity index (χ0v) is 16.1. The summed E-state index contributed by atoms with van der Waals surface area (Å²) in [5.41, 5.74) is 3.16. The number of likely N-dealkylation sites (tertiary alicyclic amines) is 1. The van der Waals surface area contributed by atoms with Gasteiger partial charge in [0.05, 0.1) is 12.2 Å². The second kappa shape index (κ2) is 8.21. The molecule has 1 atom stereocenters. The first kappa shape index (κ1) is 18.2. The van der Waals surface area contributed by atoms with E-state index in [1.54, 1.807) is 0 Å². The Hall–Kier alpha value is -2.21. The fraction of sp³-hybridized carbons (Fsp3) is 0.571. The number of hydrogen-bond donors (Lipinski definition) is 1. The summed E-state index contributed by atoms with van der Waals surface area (Å²) in [5, 5.41) is 11.5. The number of carbonyl (C=O) groups is 1. The third-order valence-corrected chi connectivity index (χ3v) is 5.94. The van der Waals surface area contributed by atoms with E-state index < -0.39 is 0 Å². The monoisotopic (exact) mass is 367 g/mol. The number of aromatic nitrogens is 3. The molecule has 4 rings (SSSR count). The van der Waals surface area contributed by atoms with Crippen molar-refractivity contribution < 1.29 is 4.79 Å². The molecule has 1 aromatic heterocycles. The van der Waals surface area contributed by atoms with Gasteiger partial charge >= 0.3 is 0 Å². The predicted octanol–water partition coefficient (Wildman–Crippen LogP) is 3.10. The fourth-order valence-electron chi connectivity index (χ4n) is 4.31. The highest BCUT2D eigenvalue weighted by Gasteiger charge is 2.25. The van der Waals surface area contributed by atoms with Crippen LogP contribution in [0.3, 0.4) is 0 Å². The molecule has 1 N–H and O–H groups in total. The number of hydrogen-bond acceptors (Lipinski definition) is 4. The van der Waals surface area contributed by atoms with Crippen LogP contribution in [-0.2, 0) is 6.54 Å². The van der Waals surface area contributed by atoms with Gasteiger partial charge in [-0.1, -0.05) is 42.3 Å². The molecule has 1 saturated carbocycles. The maximum Gasteiger partial charge on any atom is 0.273 e. The molecule has 2 heterocycles. The molecule has 27 heavy (non-hydrogen) atoms. The molecule has 0 spiro atoms. The van der Waals surface area contributed by atoms with Crippen LogP contribution in [0.2, 0.25) is 0 Å². The highest BCUT2D eigenvalue weighted by Crippen LogP contribution is 2.23. The lowest BCUT2D eigenvalue weighted by Gasteiger charge is -2.32. The van der Waals surface area contributed by atoms with Gasteiger partial charge in [0.25, 0.3) is 5.91 Å². The summed E-state index contributed by atoms with van der Waals surface area (Å²) in [7, 11) is 0. The number of nitrogens with one attached hydrogen (secondary N) is 1. The number of nitrogens with zero attached hydrogens (tertiary/aromatic N) is 4. The number of benzene rings is 1. The molecular weight excluding hydrogens is 338 g/mol. The van der Waals surface area contributed by atoms with E-state index in [0.29, 0.717) is 11.7 Å². The number of carbonyl (C=O) groups excluding carboxylic acids is 1. The van der Waals surface area contributed by atoms with Crippen molar-refractivity contribution in [3.8, 4) is 0 Å². The van der Waals surface area contributed by atoms with Gasteiger partial charge in [0, 0.05) is 19.1 Å². The Morgan fingerprint density at radius 2 is 2.00 bits per heavy atom. The minimum absolute atomic E-state index is 0.0827. The zero-order valence-electron chi connectivity index (χ0n) is 16.1. The molecule has 0 radical (unpaired) electrons. The van der Waals surface area contributed by atoms with Crippen molar-refractivity contribution >= 4 is 5.91 Å². The largest absolute Gasteiger partial charge is 0.348 e. The Morgan fingerprint density at radius 1 is 1.19 bits per heavy atom.